The maximum atomic E-state index is 12.4. The molecule has 7 heteroatoms. The van der Waals surface area contributed by atoms with Gasteiger partial charge in [0.2, 0.25) is 11.8 Å². The number of oxazole rings is 1. The van der Waals surface area contributed by atoms with Crippen LogP contribution in [0.3, 0.4) is 0 Å². The summed E-state index contributed by atoms with van der Waals surface area (Å²) in [7, 11) is 0. The number of aryl methyl sites for hydroxylation is 1. The van der Waals surface area contributed by atoms with Gasteiger partial charge < -0.3 is 14.6 Å². The zero-order valence-electron chi connectivity index (χ0n) is 15.3. The number of hydrogen-bond acceptors (Lipinski definition) is 4. The van der Waals surface area contributed by atoms with Crippen LogP contribution in [0.4, 0.5) is 0 Å². The van der Waals surface area contributed by atoms with Gasteiger partial charge in [-0.25, -0.2) is 4.98 Å². The number of hydrogen-bond donors (Lipinski definition) is 1. The number of likely N-dealkylation sites (N-methyl/N-ethyl adjacent to an activating group) is 1. The van der Waals surface area contributed by atoms with Crippen LogP contribution in [0.15, 0.2) is 34.9 Å². The minimum Gasteiger partial charge on any atom is -0.441 e. The summed E-state index contributed by atoms with van der Waals surface area (Å²) in [5.74, 6) is 0.772. The van der Waals surface area contributed by atoms with Crippen molar-refractivity contribution in [3.8, 4) is 11.3 Å². The van der Waals surface area contributed by atoms with E-state index in [1.54, 1.807) is 12.3 Å². The third kappa shape index (κ3) is 5.59. The molecule has 2 aromatic rings. The van der Waals surface area contributed by atoms with E-state index >= 15 is 0 Å². The summed E-state index contributed by atoms with van der Waals surface area (Å²) >= 11 is 6.15. The van der Waals surface area contributed by atoms with Crippen molar-refractivity contribution >= 4 is 23.4 Å². The minimum absolute atomic E-state index is 0.0480. The largest absolute Gasteiger partial charge is 0.441 e. The highest BCUT2D eigenvalue weighted by atomic mass is 35.5. The molecule has 140 valence electrons. The van der Waals surface area contributed by atoms with Crippen molar-refractivity contribution in [2.45, 2.75) is 39.7 Å². The SMILES string of the molecule is CCN(CC(=O)NC(C)C)C(=O)CCc1ncc(-c2ccccc2Cl)o1. The number of carbonyl (C=O) groups excluding carboxylic acids is 2. The van der Waals surface area contributed by atoms with Crippen LogP contribution in [0.2, 0.25) is 5.02 Å². The molecule has 0 fully saturated rings. The number of rotatable bonds is 8. The first-order valence-corrected chi connectivity index (χ1v) is 9.05. The predicted octanol–water partition coefficient (Wildman–Crippen LogP) is 3.30. The van der Waals surface area contributed by atoms with Crippen molar-refractivity contribution in [1.29, 1.82) is 0 Å². The van der Waals surface area contributed by atoms with E-state index in [1.165, 1.54) is 4.90 Å². The van der Waals surface area contributed by atoms with Crippen molar-refractivity contribution in [1.82, 2.24) is 15.2 Å². The van der Waals surface area contributed by atoms with E-state index in [0.717, 1.165) is 5.56 Å². The summed E-state index contributed by atoms with van der Waals surface area (Å²) in [6.45, 7) is 6.15. The van der Waals surface area contributed by atoms with Crippen molar-refractivity contribution in [3.05, 3.63) is 41.4 Å². The topological polar surface area (TPSA) is 75.4 Å². The van der Waals surface area contributed by atoms with E-state index in [-0.39, 0.29) is 30.8 Å². The van der Waals surface area contributed by atoms with E-state index in [9.17, 15) is 9.59 Å². The Morgan fingerprint density at radius 3 is 2.69 bits per heavy atom. The number of amides is 2. The second-order valence-corrected chi connectivity index (χ2v) is 6.64. The van der Waals surface area contributed by atoms with E-state index in [4.69, 9.17) is 16.0 Å². The van der Waals surface area contributed by atoms with Gasteiger partial charge in [0, 0.05) is 31.0 Å². The molecule has 2 rings (SSSR count). The molecular formula is C19H24ClN3O3. The Bertz CT molecular complexity index is 758. The smallest absolute Gasteiger partial charge is 0.239 e. The number of halogens is 1. The Morgan fingerprint density at radius 2 is 2.04 bits per heavy atom. The summed E-state index contributed by atoms with van der Waals surface area (Å²) < 4.78 is 5.70. The van der Waals surface area contributed by atoms with Gasteiger partial charge in [-0.05, 0) is 32.9 Å². The maximum absolute atomic E-state index is 12.4. The normalized spacial score (nSPS) is 10.8. The van der Waals surface area contributed by atoms with Crippen LogP contribution in [0, 0.1) is 0 Å². The summed E-state index contributed by atoms with van der Waals surface area (Å²) in [6.07, 6.45) is 2.20. The third-order valence-corrected chi connectivity index (χ3v) is 4.09. The molecule has 1 aromatic carbocycles. The number of carbonyl (C=O) groups is 2. The van der Waals surface area contributed by atoms with Crippen LogP contribution >= 0.6 is 11.6 Å². The molecule has 0 unspecified atom stereocenters. The van der Waals surface area contributed by atoms with Crippen LogP contribution in [-0.4, -0.2) is 40.8 Å². The quantitative estimate of drug-likeness (QED) is 0.765. The number of nitrogens with one attached hydrogen (secondary N) is 1. The highest BCUT2D eigenvalue weighted by Gasteiger charge is 2.17. The second kappa shape index (κ2) is 9.38. The Balaban J connectivity index is 1.92. The summed E-state index contributed by atoms with van der Waals surface area (Å²) in [5, 5.41) is 3.37. The lowest BCUT2D eigenvalue weighted by Gasteiger charge is -2.20. The zero-order valence-corrected chi connectivity index (χ0v) is 16.0. The lowest BCUT2D eigenvalue weighted by molar-refractivity contribution is -0.136. The minimum atomic E-state index is -0.160. The van der Waals surface area contributed by atoms with Gasteiger partial charge in [0.05, 0.1) is 17.8 Å². The molecule has 0 saturated carbocycles. The van der Waals surface area contributed by atoms with Gasteiger partial charge in [0.25, 0.3) is 0 Å². The third-order valence-electron chi connectivity index (χ3n) is 3.76. The van der Waals surface area contributed by atoms with Gasteiger partial charge in [-0.1, -0.05) is 23.7 Å². The monoisotopic (exact) mass is 377 g/mol. The van der Waals surface area contributed by atoms with Gasteiger partial charge >= 0.3 is 0 Å². The Morgan fingerprint density at radius 1 is 1.31 bits per heavy atom. The molecule has 1 heterocycles. The number of nitrogens with zero attached hydrogens (tertiary/aromatic N) is 2. The second-order valence-electron chi connectivity index (χ2n) is 6.23. The lowest BCUT2D eigenvalue weighted by Crippen LogP contribution is -2.42. The predicted molar refractivity (Wildman–Crippen MR) is 101 cm³/mol. The van der Waals surface area contributed by atoms with Gasteiger partial charge in [0.1, 0.15) is 0 Å². The van der Waals surface area contributed by atoms with Crippen molar-refractivity contribution in [2.75, 3.05) is 13.1 Å². The highest BCUT2D eigenvalue weighted by Crippen LogP contribution is 2.28. The van der Waals surface area contributed by atoms with Crippen molar-refractivity contribution in [3.63, 3.8) is 0 Å². The molecule has 1 aromatic heterocycles. The van der Waals surface area contributed by atoms with Crippen LogP contribution in [-0.2, 0) is 16.0 Å². The molecule has 0 bridgehead atoms. The molecular weight excluding hydrogens is 354 g/mol. The molecule has 0 spiro atoms. The average molecular weight is 378 g/mol. The van der Waals surface area contributed by atoms with Crippen LogP contribution in [0.5, 0.6) is 0 Å². The fraction of sp³-hybridized carbons (Fsp3) is 0.421. The molecule has 0 aliphatic carbocycles. The molecule has 26 heavy (non-hydrogen) atoms. The first-order valence-electron chi connectivity index (χ1n) is 8.67. The fourth-order valence-corrected chi connectivity index (χ4v) is 2.73. The van der Waals surface area contributed by atoms with Crippen LogP contribution in [0.25, 0.3) is 11.3 Å². The molecule has 0 aliphatic rings. The standard InChI is InChI=1S/C19H24ClN3O3/c1-4-23(12-17(24)22-13(2)3)19(25)10-9-18-21-11-16(26-18)14-7-5-6-8-15(14)20/h5-8,11,13H,4,9-10,12H2,1-3H3,(H,22,24). The Hall–Kier alpha value is -2.34. The average Bonchev–Trinajstić information content (AvgIpc) is 3.06. The Labute approximate surface area is 158 Å². The van der Waals surface area contributed by atoms with Gasteiger partial charge in [-0.3, -0.25) is 9.59 Å². The van der Waals surface area contributed by atoms with Gasteiger partial charge in [-0.15, -0.1) is 0 Å². The molecule has 0 atom stereocenters. The summed E-state index contributed by atoms with van der Waals surface area (Å²) in [6, 6.07) is 7.39. The van der Waals surface area contributed by atoms with Crippen LogP contribution < -0.4 is 5.32 Å². The number of aromatic nitrogens is 1. The van der Waals surface area contributed by atoms with Crippen LogP contribution in [0.1, 0.15) is 33.1 Å². The molecule has 2 amide bonds. The highest BCUT2D eigenvalue weighted by molar-refractivity contribution is 6.33. The summed E-state index contributed by atoms with van der Waals surface area (Å²) in [5.41, 5.74) is 0.764. The lowest BCUT2D eigenvalue weighted by atomic mass is 10.2. The first-order chi connectivity index (χ1) is 12.4. The van der Waals surface area contributed by atoms with Gasteiger partial charge in [0.15, 0.2) is 11.7 Å². The molecule has 1 N–H and O–H groups in total. The zero-order chi connectivity index (χ0) is 19.1. The Kier molecular flexibility index (Phi) is 7.21. The fourth-order valence-electron chi connectivity index (χ4n) is 2.50. The molecule has 0 aliphatic heterocycles. The van der Waals surface area contributed by atoms with E-state index in [1.807, 2.05) is 39.0 Å². The first kappa shape index (κ1) is 20.0. The van der Waals surface area contributed by atoms with Crippen molar-refractivity contribution < 1.29 is 14.0 Å². The molecule has 0 saturated heterocycles. The van der Waals surface area contributed by atoms with E-state index in [0.29, 0.717) is 29.6 Å². The molecule has 0 radical (unpaired) electrons. The maximum Gasteiger partial charge on any atom is 0.239 e. The van der Waals surface area contributed by atoms with E-state index < -0.39 is 0 Å². The number of benzene rings is 1. The summed E-state index contributed by atoms with van der Waals surface area (Å²) in [4.78, 5) is 29.9. The van der Waals surface area contributed by atoms with Gasteiger partial charge in [-0.2, -0.15) is 0 Å². The molecule has 6 nitrogen and oxygen atoms in total. The van der Waals surface area contributed by atoms with Crippen molar-refractivity contribution in [2.24, 2.45) is 0 Å². The van der Waals surface area contributed by atoms with E-state index in [2.05, 4.69) is 10.3 Å².